The van der Waals surface area contributed by atoms with Gasteiger partial charge in [0.05, 0.1) is 12.2 Å². The quantitative estimate of drug-likeness (QED) is 0.680. The van der Waals surface area contributed by atoms with E-state index in [4.69, 9.17) is 9.47 Å². The zero-order valence-corrected chi connectivity index (χ0v) is 12.6. The number of ether oxygens (including phenoxy) is 2. The summed E-state index contributed by atoms with van der Waals surface area (Å²) in [5.41, 5.74) is 0. The molecule has 1 amide bonds. The molecule has 0 spiro atoms. The minimum Gasteiger partial charge on any atom is -0.376 e. The zero-order chi connectivity index (χ0) is 14.2. The molecule has 2 rings (SSSR count). The molecule has 0 aromatic heterocycles. The van der Waals surface area contributed by atoms with E-state index in [0.717, 1.165) is 65.0 Å². The third kappa shape index (κ3) is 5.04. The van der Waals surface area contributed by atoms with Crippen molar-refractivity contribution in [3.8, 4) is 0 Å². The second-order valence-electron chi connectivity index (χ2n) is 5.78. The van der Waals surface area contributed by atoms with Gasteiger partial charge in [0.25, 0.3) is 0 Å². The predicted octanol–water partition coefficient (Wildman–Crippen LogP) is 1.17. The topological polar surface area (TPSA) is 50.8 Å². The first-order chi connectivity index (χ1) is 9.79. The van der Waals surface area contributed by atoms with E-state index < -0.39 is 0 Å². The summed E-state index contributed by atoms with van der Waals surface area (Å²) in [4.78, 5) is 14.4. The van der Waals surface area contributed by atoms with E-state index in [1.807, 2.05) is 11.9 Å². The Morgan fingerprint density at radius 1 is 1.15 bits per heavy atom. The number of carbonyl (C=O) groups is 1. The van der Waals surface area contributed by atoms with E-state index in [1.165, 1.54) is 0 Å². The summed E-state index contributed by atoms with van der Waals surface area (Å²) < 4.78 is 11.4. The van der Waals surface area contributed by atoms with Crippen LogP contribution in [0.4, 0.5) is 0 Å². The Labute approximate surface area is 122 Å². The van der Waals surface area contributed by atoms with Gasteiger partial charge in [-0.3, -0.25) is 4.79 Å². The van der Waals surface area contributed by atoms with E-state index in [9.17, 15) is 4.79 Å². The Kier molecular flexibility index (Phi) is 6.76. The van der Waals surface area contributed by atoms with Crippen LogP contribution in [0, 0.1) is 0 Å². The van der Waals surface area contributed by atoms with Crippen molar-refractivity contribution in [2.24, 2.45) is 0 Å². The smallest absolute Gasteiger partial charge is 0.222 e. The molecule has 116 valence electrons. The molecule has 2 aliphatic heterocycles. The Bertz CT molecular complexity index is 269. The van der Waals surface area contributed by atoms with Gasteiger partial charge in [-0.15, -0.1) is 0 Å². The Morgan fingerprint density at radius 3 is 2.20 bits per heavy atom. The number of hydrogen-bond donors (Lipinski definition) is 1. The van der Waals surface area contributed by atoms with Gasteiger partial charge in [0.1, 0.15) is 0 Å². The van der Waals surface area contributed by atoms with Crippen LogP contribution in [-0.2, 0) is 14.3 Å². The minimum absolute atomic E-state index is 0.227. The van der Waals surface area contributed by atoms with Crippen LogP contribution in [0.1, 0.15) is 38.5 Å². The van der Waals surface area contributed by atoms with E-state index >= 15 is 0 Å². The molecule has 2 aliphatic rings. The first kappa shape index (κ1) is 15.7. The molecule has 2 unspecified atom stereocenters. The van der Waals surface area contributed by atoms with Crippen molar-refractivity contribution in [3.05, 3.63) is 0 Å². The normalized spacial score (nSPS) is 26.1. The standard InChI is InChI=1S/C15H28N2O3/c1-16-8-2-7-15(18)17(11-13-5-3-9-19-13)12-14-6-4-10-20-14/h13-14,16H,2-12H2,1H3. The molecule has 2 atom stereocenters. The summed E-state index contributed by atoms with van der Waals surface area (Å²) in [7, 11) is 1.92. The SMILES string of the molecule is CNCCCC(=O)N(CC1CCCO1)CC1CCCO1. The number of nitrogens with zero attached hydrogens (tertiary/aromatic N) is 1. The van der Waals surface area contributed by atoms with Gasteiger partial charge in [0, 0.05) is 32.7 Å². The van der Waals surface area contributed by atoms with Gasteiger partial charge in [-0.05, 0) is 45.7 Å². The molecule has 2 fully saturated rings. The highest BCUT2D eigenvalue weighted by molar-refractivity contribution is 5.76. The van der Waals surface area contributed by atoms with Crippen LogP contribution in [0.15, 0.2) is 0 Å². The molecule has 5 heteroatoms. The summed E-state index contributed by atoms with van der Waals surface area (Å²) in [6.07, 6.45) is 6.34. The second kappa shape index (κ2) is 8.60. The fraction of sp³-hybridized carbons (Fsp3) is 0.933. The Morgan fingerprint density at radius 2 is 1.75 bits per heavy atom. The van der Waals surface area contributed by atoms with Gasteiger partial charge in [-0.25, -0.2) is 0 Å². The predicted molar refractivity (Wildman–Crippen MR) is 77.7 cm³/mol. The van der Waals surface area contributed by atoms with Gasteiger partial charge in [-0.2, -0.15) is 0 Å². The summed E-state index contributed by atoms with van der Waals surface area (Å²) in [5, 5.41) is 3.09. The molecule has 0 radical (unpaired) electrons. The molecule has 0 saturated carbocycles. The maximum Gasteiger partial charge on any atom is 0.222 e. The lowest BCUT2D eigenvalue weighted by Gasteiger charge is -2.28. The number of rotatable bonds is 8. The molecular formula is C15H28N2O3. The van der Waals surface area contributed by atoms with Crippen molar-refractivity contribution in [1.82, 2.24) is 10.2 Å². The summed E-state index contributed by atoms with van der Waals surface area (Å²) in [6, 6.07) is 0. The van der Waals surface area contributed by atoms with Gasteiger partial charge >= 0.3 is 0 Å². The highest BCUT2D eigenvalue weighted by atomic mass is 16.5. The lowest BCUT2D eigenvalue weighted by molar-refractivity contribution is -0.134. The fourth-order valence-electron chi connectivity index (χ4n) is 2.92. The lowest BCUT2D eigenvalue weighted by atomic mass is 10.1. The van der Waals surface area contributed by atoms with Crippen LogP contribution in [0.2, 0.25) is 0 Å². The van der Waals surface area contributed by atoms with Crippen molar-refractivity contribution in [1.29, 1.82) is 0 Å². The van der Waals surface area contributed by atoms with Crippen LogP contribution in [0.3, 0.4) is 0 Å². The third-order valence-corrected chi connectivity index (χ3v) is 4.07. The third-order valence-electron chi connectivity index (χ3n) is 4.07. The average molecular weight is 284 g/mol. The molecule has 20 heavy (non-hydrogen) atoms. The van der Waals surface area contributed by atoms with E-state index in [0.29, 0.717) is 6.42 Å². The zero-order valence-electron chi connectivity index (χ0n) is 12.6. The monoisotopic (exact) mass is 284 g/mol. The van der Waals surface area contributed by atoms with Crippen LogP contribution < -0.4 is 5.32 Å². The van der Waals surface area contributed by atoms with Crippen molar-refractivity contribution in [2.75, 3.05) is 39.9 Å². The number of hydrogen-bond acceptors (Lipinski definition) is 4. The molecule has 0 aromatic rings. The highest BCUT2D eigenvalue weighted by Crippen LogP contribution is 2.18. The van der Waals surface area contributed by atoms with Gasteiger partial charge < -0.3 is 19.7 Å². The maximum absolute atomic E-state index is 12.4. The molecule has 0 aromatic carbocycles. The summed E-state index contributed by atoms with van der Waals surface area (Å²) in [5.74, 6) is 0.242. The largest absolute Gasteiger partial charge is 0.376 e. The maximum atomic E-state index is 12.4. The minimum atomic E-state index is 0.227. The number of carbonyl (C=O) groups excluding carboxylic acids is 1. The molecule has 2 heterocycles. The molecule has 2 saturated heterocycles. The van der Waals surface area contributed by atoms with Crippen LogP contribution in [-0.4, -0.2) is 62.9 Å². The van der Waals surface area contributed by atoms with Crippen molar-refractivity contribution < 1.29 is 14.3 Å². The highest BCUT2D eigenvalue weighted by Gasteiger charge is 2.26. The molecule has 5 nitrogen and oxygen atoms in total. The number of amides is 1. The van der Waals surface area contributed by atoms with Gasteiger partial charge in [0.15, 0.2) is 0 Å². The summed E-state index contributed by atoms with van der Waals surface area (Å²) >= 11 is 0. The average Bonchev–Trinajstić information content (AvgIpc) is 3.11. The van der Waals surface area contributed by atoms with Gasteiger partial charge in [0.2, 0.25) is 5.91 Å². The number of nitrogens with one attached hydrogen (secondary N) is 1. The fourth-order valence-corrected chi connectivity index (χ4v) is 2.92. The van der Waals surface area contributed by atoms with Crippen LogP contribution in [0.5, 0.6) is 0 Å². The molecule has 1 N–H and O–H groups in total. The van der Waals surface area contributed by atoms with Crippen molar-refractivity contribution in [3.63, 3.8) is 0 Å². The van der Waals surface area contributed by atoms with Crippen molar-refractivity contribution in [2.45, 2.75) is 50.7 Å². The molecular weight excluding hydrogens is 256 g/mol. The van der Waals surface area contributed by atoms with Crippen molar-refractivity contribution >= 4 is 5.91 Å². The first-order valence-electron chi connectivity index (χ1n) is 7.95. The first-order valence-corrected chi connectivity index (χ1v) is 7.95. The Hall–Kier alpha value is -0.650. The lowest BCUT2D eigenvalue weighted by Crippen LogP contribution is -2.42. The van der Waals surface area contributed by atoms with Gasteiger partial charge in [-0.1, -0.05) is 0 Å². The summed E-state index contributed by atoms with van der Waals surface area (Å²) in [6.45, 7) is 4.04. The van der Waals surface area contributed by atoms with Crippen LogP contribution >= 0.6 is 0 Å². The van der Waals surface area contributed by atoms with E-state index in [1.54, 1.807) is 0 Å². The second-order valence-corrected chi connectivity index (χ2v) is 5.78. The molecule has 0 bridgehead atoms. The Balaban J connectivity index is 1.82. The van der Waals surface area contributed by atoms with E-state index in [-0.39, 0.29) is 18.1 Å². The molecule has 0 aliphatic carbocycles. The van der Waals surface area contributed by atoms with Crippen LogP contribution in [0.25, 0.3) is 0 Å². The van der Waals surface area contributed by atoms with E-state index in [2.05, 4.69) is 5.32 Å².